The smallest absolute Gasteiger partial charge is 0.330 e. The lowest BCUT2D eigenvalue weighted by Gasteiger charge is -2.08. The summed E-state index contributed by atoms with van der Waals surface area (Å²) in [5.74, 6) is 0.434. The molecule has 0 radical (unpaired) electrons. The Labute approximate surface area is 124 Å². The number of esters is 1. The van der Waals surface area contributed by atoms with Gasteiger partial charge in [0.15, 0.2) is 0 Å². The Kier molecular flexibility index (Phi) is 5.16. The standard InChI is InChI=1S/C18H18O3/c1-14-5-3-4-6-16(14)13-21-17-10-7-15(8-11-17)9-12-18(19)20-2/h3-12H,13H2,1-2H3/b12-9+. The minimum Gasteiger partial charge on any atom is -0.489 e. The Balaban J connectivity index is 1.95. The zero-order valence-corrected chi connectivity index (χ0v) is 12.2. The number of carbonyl (C=O) groups excluding carboxylic acids is 1. The third-order valence-corrected chi connectivity index (χ3v) is 3.15. The first-order chi connectivity index (χ1) is 10.2. The van der Waals surface area contributed by atoms with Gasteiger partial charge in [0.05, 0.1) is 7.11 Å². The predicted molar refractivity (Wildman–Crippen MR) is 83.0 cm³/mol. The normalized spacial score (nSPS) is 10.6. The van der Waals surface area contributed by atoms with Gasteiger partial charge in [0.2, 0.25) is 0 Å². The molecule has 0 fully saturated rings. The van der Waals surface area contributed by atoms with Gasteiger partial charge in [0, 0.05) is 6.08 Å². The molecule has 0 spiro atoms. The Morgan fingerprint density at radius 1 is 1.10 bits per heavy atom. The maximum Gasteiger partial charge on any atom is 0.330 e. The van der Waals surface area contributed by atoms with E-state index in [1.165, 1.54) is 24.3 Å². The fourth-order valence-corrected chi connectivity index (χ4v) is 1.84. The van der Waals surface area contributed by atoms with Gasteiger partial charge < -0.3 is 9.47 Å². The van der Waals surface area contributed by atoms with E-state index >= 15 is 0 Å². The molecule has 0 saturated carbocycles. The molecule has 0 heterocycles. The van der Waals surface area contributed by atoms with Crippen LogP contribution in [-0.4, -0.2) is 13.1 Å². The molecule has 108 valence electrons. The van der Waals surface area contributed by atoms with Crippen molar-refractivity contribution in [3.63, 3.8) is 0 Å². The Bertz CT molecular complexity index is 627. The van der Waals surface area contributed by atoms with E-state index in [1.54, 1.807) is 6.08 Å². The first-order valence-corrected chi connectivity index (χ1v) is 6.72. The van der Waals surface area contributed by atoms with Crippen LogP contribution in [0.3, 0.4) is 0 Å². The first kappa shape index (κ1) is 14.9. The van der Waals surface area contributed by atoms with E-state index in [-0.39, 0.29) is 5.97 Å². The molecule has 3 heteroatoms. The van der Waals surface area contributed by atoms with Crippen molar-refractivity contribution in [1.29, 1.82) is 0 Å². The van der Waals surface area contributed by atoms with E-state index in [0.717, 1.165) is 11.3 Å². The summed E-state index contributed by atoms with van der Waals surface area (Å²) in [5.41, 5.74) is 3.31. The molecule has 3 nitrogen and oxygen atoms in total. The van der Waals surface area contributed by atoms with Crippen molar-refractivity contribution in [2.45, 2.75) is 13.5 Å². The Morgan fingerprint density at radius 3 is 2.48 bits per heavy atom. The number of ether oxygens (including phenoxy) is 2. The van der Waals surface area contributed by atoms with Crippen LogP contribution in [0.2, 0.25) is 0 Å². The van der Waals surface area contributed by atoms with Crippen LogP contribution in [0.15, 0.2) is 54.6 Å². The van der Waals surface area contributed by atoms with Crippen molar-refractivity contribution in [2.75, 3.05) is 7.11 Å². The molecule has 0 bridgehead atoms. The van der Waals surface area contributed by atoms with E-state index in [9.17, 15) is 4.79 Å². The highest BCUT2D eigenvalue weighted by atomic mass is 16.5. The molecule has 0 N–H and O–H groups in total. The van der Waals surface area contributed by atoms with Gasteiger partial charge in [-0.1, -0.05) is 36.4 Å². The molecule has 0 amide bonds. The average Bonchev–Trinajstić information content (AvgIpc) is 2.53. The average molecular weight is 282 g/mol. The van der Waals surface area contributed by atoms with E-state index in [2.05, 4.69) is 23.8 Å². The van der Waals surface area contributed by atoms with Crippen LogP contribution in [0.25, 0.3) is 6.08 Å². The van der Waals surface area contributed by atoms with E-state index < -0.39 is 0 Å². The van der Waals surface area contributed by atoms with Gasteiger partial charge in [-0.25, -0.2) is 4.79 Å². The Morgan fingerprint density at radius 2 is 1.81 bits per heavy atom. The van der Waals surface area contributed by atoms with Gasteiger partial charge in [0.25, 0.3) is 0 Å². The minimum absolute atomic E-state index is 0.366. The van der Waals surface area contributed by atoms with Crippen molar-refractivity contribution in [3.05, 3.63) is 71.3 Å². The molecule has 2 rings (SSSR count). The third kappa shape index (κ3) is 4.49. The maximum atomic E-state index is 11.0. The molecule has 2 aromatic carbocycles. The van der Waals surface area contributed by atoms with Crippen LogP contribution in [0.1, 0.15) is 16.7 Å². The molecule has 21 heavy (non-hydrogen) atoms. The number of benzene rings is 2. The summed E-state index contributed by atoms with van der Waals surface area (Å²) in [7, 11) is 1.36. The monoisotopic (exact) mass is 282 g/mol. The van der Waals surface area contributed by atoms with E-state index in [1.807, 2.05) is 36.4 Å². The Hall–Kier alpha value is -2.55. The third-order valence-electron chi connectivity index (χ3n) is 3.15. The van der Waals surface area contributed by atoms with Crippen LogP contribution in [0.4, 0.5) is 0 Å². The lowest BCUT2D eigenvalue weighted by molar-refractivity contribution is -0.134. The second-order valence-corrected chi connectivity index (χ2v) is 4.64. The largest absolute Gasteiger partial charge is 0.489 e. The number of aryl methyl sites for hydroxylation is 1. The summed E-state index contributed by atoms with van der Waals surface area (Å²) in [6.07, 6.45) is 3.10. The van der Waals surface area contributed by atoms with Gasteiger partial charge >= 0.3 is 5.97 Å². The molecule has 0 unspecified atom stereocenters. The summed E-state index contributed by atoms with van der Waals surface area (Å²) in [6.45, 7) is 2.61. The van der Waals surface area contributed by atoms with Crippen LogP contribution in [0.5, 0.6) is 5.75 Å². The van der Waals surface area contributed by atoms with Crippen molar-refractivity contribution in [1.82, 2.24) is 0 Å². The van der Waals surface area contributed by atoms with Gasteiger partial charge in [-0.05, 0) is 41.8 Å². The number of hydrogen-bond donors (Lipinski definition) is 0. The topological polar surface area (TPSA) is 35.5 Å². The van der Waals surface area contributed by atoms with Gasteiger partial charge in [-0.2, -0.15) is 0 Å². The number of carbonyl (C=O) groups is 1. The zero-order valence-electron chi connectivity index (χ0n) is 12.2. The predicted octanol–water partition coefficient (Wildman–Crippen LogP) is 3.76. The SMILES string of the molecule is COC(=O)/C=C/c1ccc(OCc2ccccc2C)cc1. The summed E-state index contributed by atoms with van der Waals surface area (Å²) >= 11 is 0. The van der Waals surface area contributed by atoms with Gasteiger partial charge in [0.1, 0.15) is 12.4 Å². The van der Waals surface area contributed by atoms with Crippen LogP contribution in [0, 0.1) is 6.92 Å². The lowest BCUT2D eigenvalue weighted by atomic mass is 10.1. The van der Waals surface area contributed by atoms with Crippen molar-refractivity contribution in [2.24, 2.45) is 0 Å². The molecular formula is C18H18O3. The highest BCUT2D eigenvalue weighted by Crippen LogP contribution is 2.16. The van der Waals surface area contributed by atoms with Crippen LogP contribution in [-0.2, 0) is 16.1 Å². The van der Waals surface area contributed by atoms with Gasteiger partial charge in [-0.15, -0.1) is 0 Å². The fraction of sp³-hybridized carbons (Fsp3) is 0.167. The lowest BCUT2D eigenvalue weighted by Crippen LogP contribution is -1.97. The molecule has 2 aromatic rings. The molecule has 0 aliphatic heterocycles. The number of hydrogen-bond acceptors (Lipinski definition) is 3. The molecular weight excluding hydrogens is 264 g/mol. The number of methoxy groups -OCH3 is 1. The molecule has 0 atom stereocenters. The van der Waals surface area contributed by atoms with Crippen molar-refractivity contribution < 1.29 is 14.3 Å². The highest BCUT2D eigenvalue weighted by Gasteiger charge is 1.99. The summed E-state index contributed by atoms with van der Waals surface area (Å²) in [5, 5.41) is 0. The van der Waals surface area contributed by atoms with Crippen molar-refractivity contribution in [3.8, 4) is 5.75 Å². The maximum absolute atomic E-state index is 11.0. The molecule has 0 aliphatic rings. The van der Waals surface area contributed by atoms with E-state index in [4.69, 9.17) is 4.74 Å². The van der Waals surface area contributed by atoms with Crippen molar-refractivity contribution >= 4 is 12.0 Å². The summed E-state index contributed by atoms with van der Waals surface area (Å²) in [6, 6.07) is 15.7. The molecule has 0 aromatic heterocycles. The van der Waals surface area contributed by atoms with Crippen LogP contribution >= 0.6 is 0 Å². The quantitative estimate of drug-likeness (QED) is 0.618. The second kappa shape index (κ2) is 7.29. The second-order valence-electron chi connectivity index (χ2n) is 4.64. The summed E-state index contributed by atoms with van der Waals surface area (Å²) < 4.78 is 10.3. The molecule has 0 aliphatic carbocycles. The fourth-order valence-electron chi connectivity index (χ4n) is 1.84. The van der Waals surface area contributed by atoms with Gasteiger partial charge in [-0.3, -0.25) is 0 Å². The number of rotatable bonds is 5. The van der Waals surface area contributed by atoms with E-state index in [0.29, 0.717) is 6.61 Å². The van der Waals surface area contributed by atoms with Crippen LogP contribution < -0.4 is 4.74 Å². The molecule has 0 saturated heterocycles. The highest BCUT2D eigenvalue weighted by molar-refractivity contribution is 5.86. The minimum atomic E-state index is -0.366. The first-order valence-electron chi connectivity index (χ1n) is 6.72. The zero-order chi connectivity index (χ0) is 15.1. The summed E-state index contributed by atoms with van der Waals surface area (Å²) in [4.78, 5) is 11.0.